The molecular weight excluding hydrogens is 340 g/mol. The molecule has 1 aromatic carbocycles. The molecule has 138 valence electrons. The van der Waals surface area contributed by atoms with Crippen LogP contribution in [0.1, 0.15) is 33.6 Å². The Morgan fingerprint density at radius 3 is 2.04 bits per heavy atom. The van der Waals surface area contributed by atoms with Gasteiger partial charge in [0, 0.05) is 36.4 Å². The molecule has 0 atom stereocenters. The van der Waals surface area contributed by atoms with E-state index < -0.39 is 15.3 Å². The molecule has 1 heterocycles. The number of anilines is 1. The minimum Gasteiger partial charge on any atom is -0.342 e. The zero-order chi connectivity index (χ0) is 18.8. The molecule has 7 heteroatoms. The molecule has 1 aliphatic rings. The third-order valence-corrected chi connectivity index (χ3v) is 5.47. The summed E-state index contributed by atoms with van der Waals surface area (Å²) in [6.45, 7) is 6.86. The Labute approximate surface area is 149 Å². The Morgan fingerprint density at radius 2 is 1.60 bits per heavy atom. The third kappa shape index (κ3) is 5.04. The molecule has 1 aliphatic heterocycles. The summed E-state index contributed by atoms with van der Waals surface area (Å²) in [5.41, 5.74) is 0.168. The Kier molecular flexibility index (Phi) is 5.56. The maximum Gasteiger partial charge on any atom is 0.227 e. The van der Waals surface area contributed by atoms with Crippen molar-refractivity contribution >= 4 is 27.3 Å². The van der Waals surface area contributed by atoms with Crippen molar-refractivity contribution in [3.63, 3.8) is 0 Å². The number of likely N-dealkylation sites (tertiary alicyclic amines) is 1. The van der Waals surface area contributed by atoms with Crippen molar-refractivity contribution in [1.29, 1.82) is 0 Å². The van der Waals surface area contributed by atoms with E-state index in [2.05, 4.69) is 5.32 Å². The van der Waals surface area contributed by atoms with E-state index in [0.29, 0.717) is 31.6 Å². The maximum atomic E-state index is 12.4. The Morgan fingerprint density at radius 1 is 1.08 bits per heavy atom. The largest absolute Gasteiger partial charge is 0.342 e. The second kappa shape index (κ2) is 7.15. The van der Waals surface area contributed by atoms with Crippen molar-refractivity contribution in [2.75, 3.05) is 24.7 Å². The van der Waals surface area contributed by atoms with Gasteiger partial charge in [-0.05, 0) is 37.1 Å². The number of piperidine rings is 1. The standard InChI is InChI=1S/C18H26N2O4S/c1-18(2,3)17(22)20-11-9-13(10-12-20)16(21)19-14-5-7-15(8-6-14)25(4,23)24/h5-8,13H,9-12H2,1-4H3,(H,19,21). The summed E-state index contributed by atoms with van der Waals surface area (Å²) in [6.07, 6.45) is 2.41. The van der Waals surface area contributed by atoms with Gasteiger partial charge in [0.1, 0.15) is 0 Å². The smallest absolute Gasteiger partial charge is 0.227 e. The van der Waals surface area contributed by atoms with Crippen LogP contribution in [0.25, 0.3) is 0 Å². The molecule has 0 aliphatic carbocycles. The minimum atomic E-state index is -3.25. The first kappa shape index (κ1) is 19.4. The lowest BCUT2D eigenvalue weighted by atomic mass is 9.90. The van der Waals surface area contributed by atoms with E-state index in [0.717, 1.165) is 6.26 Å². The van der Waals surface area contributed by atoms with Crippen molar-refractivity contribution in [1.82, 2.24) is 4.90 Å². The number of carbonyl (C=O) groups excluding carboxylic acids is 2. The first-order valence-corrected chi connectivity index (χ1v) is 10.3. The number of nitrogens with one attached hydrogen (secondary N) is 1. The lowest BCUT2D eigenvalue weighted by Crippen LogP contribution is -2.45. The fourth-order valence-corrected chi connectivity index (χ4v) is 3.48. The van der Waals surface area contributed by atoms with Gasteiger partial charge in [-0.25, -0.2) is 8.42 Å². The maximum absolute atomic E-state index is 12.4. The van der Waals surface area contributed by atoms with E-state index in [1.807, 2.05) is 25.7 Å². The zero-order valence-corrected chi connectivity index (χ0v) is 16.0. The van der Waals surface area contributed by atoms with Gasteiger partial charge < -0.3 is 10.2 Å². The normalized spacial score (nSPS) is 16.6. The highest BCUT2D eigenvalue weighted by Crippen LogP contribution is 2.24. The van der Waals surface area contributed by atoms with Gasteiger partial charge in [0.2, 0.25) is 11.8 Å². The van der Waals surface area contributed by atoms with E-state index in [-0.39, 0.29) is 22.6 Å². The molecule has 2 rings (SSSR count). The number of carbonyl (C=O) groups is 2. The molecule has 25 heavy (non-hydrogen) atoms. The minimum absolute atomic E-state index is 0.0880. The lowest BCUT2D eigenvalue weighted by molar-refractivity contribution is -0.142. The number of sulfone groups is 1. The van der Waals surface area contributed by atoms with E-state index in [1.165, 1.54) is 12.1 Å². The number of nitrogens with zero attached hydrogens (tertiary/aromatic N) is 1. The number of benzene rings is 1. The fraction of sp³-hybridized carbons (Fsp3) is 0.556. The number of hydrogen-bond donors (Lipinski definition) is 1. The lowest BCUT2D eigenvalue weighted by Gasteiger charge is -2.35. The first-order valence-electron chi connectivity index (χ1n) is 8.39. The van der Waals surface area contributed by atoms with E-state index >= 15 is 0 Å². The van der Waals surface area contributed by atoms with Crippen LogP contribution in [0.3, 0.4) is 0 Å². The predicted molar refractivity (Wildman–Crippen MR) is 96.9 cm³/mol. The molecule has 0 saturated carbocycles. The van der Waals surface area contributed by atoms with Crippen LogP contribution >= 0.6 is 0 Å². The van der Waals surface area contributed by atoms with Crippen molar-refractivity contribution in [3.8, 4) is 0 Å². The Bertz CT molecular complexity index is 740. The third-order valence-electron chi connectivity index (χ3n) is 4.34. The average Bonchev–Trinajstić information content (AvgIpc) is 2.53. The molecule has 0 radical (unpaired) electrons. The molecule has 0 unspecified atom stereocenters. The number of amides is 2. The van der Waals surface area contributed by atoms with Crippen LogP contribution in [-0.4, -0.2) is 44.5 Å². The highest BCUT2D eigenvalue weighted by molar-refractivity contribution is 7.90. The molecule has 1 fully saturated rings. The molecule has 0 bridgehead atoms. The monoisotopic (exact) mass is 366 g/mol. The van der Waals surface area contributed by atoms with Gasteiger partial charge in [-0.3, -0.25) is 9.59 Å². The van der Waals surface area contributed by atoms with Gasteiger partial charge in [0.05, 0.1) is 4.90 Å². The summed E-state index contributed by atoms with van der Waals surface area (Å²) < 4.78 is 22.9. The van der Waals surface area contributed by atoms with Gasteiger partial charge in [-0.15, -0.1) is 0 Å². The van der Waals surface area contributed by atoms with Gasteiger partial charge in [-0.2, -0.15) is 0 Å². The highest BCUT2D eigenvalue weighted by atomic mass is 32.2. The SMILES string of the molecule is CC(C)(C)C(=O)N1CCC(C(=O)Nc2ccc(S(C)(=O)=O)cc2)CC1. The Hall–Kier alpha value is -1.89. The summed E-state index contributed by atoms with van der Waals surface area (Å²) in [4.78, 5) is 26.7. The van der Waals surface area contributed by atoms with Crippen LogP contribution in [0.2, 0.25) is 0 Å². The van der Waals surface area contributed by atoms with E-state index in [1.54, 1.807) is 12.1 Å². The van der Waals surface area contributed by atoms with Gasteiger partial charge in [0.25, 0.3) is 0 Å². The van der Waals surface area contributed by atoms with Crippen LogP contribution < -0.4 is 5.32 Å². The van der Waals surface area contributed by atoms with Crippen LogP contribution in [0.4, 0.5) is 5.69 Å². The zero-order valence-electron chi connectivity index (χ0n) is 15.2. The summed E-state index contributed by atoms with van der Waals surface area (Å²) in [7, 11) is -3.25. The second-order valence-corrected chi connectivity index (χ2v) is 9.62. The van der Waals surface area contributed by atoms with Crippen molar-refractivity contribution < 1.29 is 18.0 Å². The van der Waals surface area contributed by atoms with Crippen LogP contribution in [0.15, 0.2) is 29.2 Å². The molecule has 0 spiro atoms. The number of rotatable bonds is 3. The van der Waals surface area contributed by atoms with Gasteiger partial charge in [0.15, 0.2) is 9.84 Å². The van der Waals surface area contributed by atoms with Crippen LogP contribution in [-0.2, 0) is 19.4 Å². The van der Waals surface area contributed by atoms with Crippen LogP contribution in [0, 0.1) is 11.3 Å². The topological polar surface area (TPSA) is 83.6 Å². The average molecular weight is 366 g/mol. The summed E-state index contributed by atoms with van der Waals surface area (Å²) in [5, 5.41) is 2.83. The van der Waals surface area contributed by atoms with E-state index in [9.17, 15) is 18.0 Å². The van der Waals surface area contributed by atoms with Crippen molar-refractivity contribution in [3.05, 3.63) is 24.3 Å². The van der Waals surface area contributed by atoms with Crippen molar-refractivity contribution in [2.24, 2.45) is 11.3 Å². The predicted octanol–water partition coefficient (Wildman–Crippen LogP) is 2.31. The summed E-state index contributed by atoms with van der Waals surface area (Å²) >= 11 is 0. The molecule has 0 aromatic heterocycles. The molecule has 1 aromatic rings. The molecule has 1 saturated heterocycles. The van der Waals surface area contributed by atoms with E-state index in [4.69, 9.17) is 0 Å². The number of hydrogen-bond acceptors (Lipinski definition) is 4. The molecule has 2 amide bonds. The Balaban J connectivity index is 1.92. The molecular formula is C18H26N2O4S. The first-order chi connectivity index (χ1) is 11.5. The van der Waals surface area contributed by atoms with Crippen LogP contribution in [0.5, 0.6) is 0 Å². The van der Waals surface area contributed by atoms with Crippen molar-refractivity contribution in [2.45, 2.75) is 38.5 Å². The quantitative estimate of drug-likeness (QED) is 0.890. The van der Waals surface area contributed by atoms with Gasteiger partial charge >= 0.3 is 0 Å². The summed E-state index contributed by atoms with van der Waals surface area (Å²) in [5.74, 6) is -0.115. The molecule has 6 nitrogen and oxygen atoms in total. The molecule has 1 N–H and O–H groups in total. The fourth-order valence-electron chi connectivity index (χ4n) is 2.85. The second-order valence-electron chi connectivity index (χ2n) is 7.60. The summed E-state index contributed by atoms with van der Waals surface area (Å²) in [6, 6.07) is 6.14. The highest BCUT2D eigenvalue weighted by Gasteiger charge is 2.32. The van der Waals surface area contributed by atoms with Gasteiger partial charge in [-0.1, -0.05) is 20.8 Å².